The quantitative estimate of drug-likeness (QED) is 0.420. The number of amides is 3. The number of Topliss-reactive ketones (excluding diaryl/α,β-unsaturated/α-hetero) is 1. The number of thiophene rings is 1. The number of imide groups is 1. The lowest BCUT2D eigenvalue weighted by Crippen LogP contribution is -2.44. The van der Waals surface area contributed by atoms with Gasteiger partial charge in [-0.25, -0.2) is 4.79 Å². The SMILES string of the molecule is CC(=O)NCc1ccc(C(=O)COC(=O)[C@H](C)N2C(=O)c3ccccc3C2=O)s1. The second-order valence-electron chi connectivity index (χ2n) is 6.41. The Balaban J connectivity index is 1.58. The van der Waals surface area contributed by atoms with E-state index in [1.54, 1.807) is 24.3 Å². The summed E-state index contributed by atoms with van der Waals surface area (Å²) in [5, 5.41) is 2.63. The van der Waals surface area contributed by atoms with Gasteiger partial charge in [0, 0.05) is 11.8 Å². The van der Waals surface area contributed by atoms with E-state index in [0.717, 1.165) is 9.78 Å². The van der Waals surface area contributed by atoms with Crippen LogP contribution in [0.15, 0.2) is 36.4 Å². The maximum atomic E-state index is 12.4. The highest BCUT2D eigenvalue weighted by Gasteiger charge is 2.41. The van der Waals surface area contributed by atoms with Crippen LogP contribution in [0.5, 0.6) is 0 Å². The fourth-order valence-electron chi connectivity index (χ4n) is 2.83. The van der Waals surface area contributed by atoms with E-state index in [1.165, 1.54) is 37.3 Å². The first-order valence-electron chi connectivity index (χ1n) is 8.79. The molecular formula is C20H18N2O6S. The van der Waals surface area contributed by atoms with Crippen LogP contribution in [0.1, 0.15) is 49.1 Å². The summed E-state index contributed by atoms with van der Waals surface area (Å²) in [5.74, 6) is -2.57. The highest BCUT2D eigenvalue weighted by atomic mass is 32.1. The first kappa shape index (κ1) is 20.4. The van der Waals surface area contributed by atoms with E-state index < -0.39 is 36.2 Å². The predicted octanol–water partition coefficient (Wildman–Crippen LogP) is 1.79. The highest BCUT2D eigenvalue weighted by Crippen LogP contribution is 2.25. The molecule has 9 heteroatoms. The van der Waals surface area contributed by atoms with Crippen LogP contribution in [0.25, 0.3) is 0 Å². The lowest BCUT2D eigenvalue weighted by atomic mass is 10.1. The molecule has 1 aliphatic heterocycles. The molecule has 2 heterocycles. The van der Waals surface area contributed by atoms with Crippen LogP contribution >= 0.6 is 11.3 Å². The van der Waals surface area contributed by atoms with Gasteiger partial charge in [0.25, 0.3) is 11.8 Å². The van der Waals surface area contributed by atoms with Gasteiger partial charge < -0.3 is 10.1 Å². The van der Waals surface area contributed by atoms with Crippen LogP contribution in [0.4, 0.5) is 0 Å². The van der Waals surface area contributed by atoms with E-state index in [-0.39, 0.29) is 17.0 Å². The number of esters is 1. The van der Waals surface area contributed by atoms with E-state index >= 15 is 0 Å². The van der Waals surface area contributed by atoms with Gasteiger partial charge in [-0.15, -0.1) is 11.3 Å². The third-order valence-corrected chi connectivity index (χ3v) is 5.47. The van der Waals surface area contributed by atoms with Gasteiger partial charge in [-0.1, -0.05) is 12.1 Å². The zero-order chi connectivity index (χ0) is 21.1. The van der Waals surface area contributed by atoms with E-state index in [4.69, 9.17) is 4.74 Å². The molecule has 1 N–H and O–H groups in total. The fourth-order valence-corrected chi connectivity index (χ4v) is 3.70. The van der Waals surface area contributed by atoms with Crippen LogP contribution in [0, 0.1) is 0 Å². The number of benzene rings is 1. The lowest BCUT2D eigenvalue weighted by molar-refractivity contribution is -0.146. The number of carbonyl (C=O) groups excluding carboxylic acids is 5. The molecule has 150 valence electrons. The molecule has 0 saturated heterocycles. The summed E-state index contributed by atoms with van der Waals surface area (Å²) in [6, 6.07) is 8.45. The highest BCUT2D eigenvalue weighted by molar-refractivity contribution is 7.14. The molecule has 2 aromatic rings. The Morgan fingerprint density at radius 1 is 1.07 bits per heavy atom. The Morgan fingerprint density at radius 3 is 2.28 bits per heavy atom. The zero-order valence-corrected chi connectivity index (χ0v) is 16.6. The van der Waals surface area contributed by atoms with Crippen LogP contribution in [-0.4, -0.2) is 47.0 Å². The second kappa shape index (κ2) is 8.36. The topological polar surface area (TPSA) is 110 Å². The molecular weight excluding hydrogens is 396 g/mol. The van der Waals surface area contributed by atoms with Gasteiger partial charge in [-0.3, -0.25) is 24.1 Å². The van der Waals surface area contributed by atoms with Crippen LogP contribution in [0.3, 0.4) is 0 Å². The summed E-state index contributed by atoms with van der Waals surface area (Å²) in [7, 11) is 0. The molecule has 1 aromatic heterocycles. The largest absolute Gasteiger partial charge is 0.456 e. The van der Waals surface area contributed by atoms with Crippen molar-refractivity contribution in [2.24, 2.45) is 0 Å². The molecule has 1 aliphatic rings. The lowest BCUT2D eigenvalue weighted by Gasteiger charge is -2.20. The van der Waals surface area contributed by atoms with Crippen molar-refractivity contribution in [1.29, 1.82) is 0 Å². The Kier molecular flexibility index (Phi) is 5.88. The van der Waals surface area contributed by atoms with Crippen molar-refractivity contribution in [3.05, 3.63) is 57.3 Å². The summed E-state index contributed by atoms with van der Waals surface area (Å²) in [6.45, 7) is 2.58. The van der Waals surface area contributed by atoms with Crippen molar-refractivity contribution >= 4 is 40.8 Å². The maximum absolute atomic E-state index is 12.4. The van der Waals surface area contributed by atoms with Crippen molar-refractivity contribution in [3.63, 3.8) is 0 Å². The molecule has 0 saturated carbocycles. The number of carbonyl (C=O) groups is 5. The van der Waals surface area contributed by atoms with Crippen molar-refractivity contribution in [3.8, 4) is 0 Å². The minimum absolute atomic E-state index is 0.178. The third-order valence-electron chi connectivity index (χ3n) is 4.35. The number of hydrogen-bond acceptors (Lipinski definition) is 7. The Morgan fingerprint density at radius 2 is 1.69 bits per heavy atom. The van der Waals surface area contributed by atoms with Crippen LogP contribution in [0.2, 0.25) is 0 Å². The number of hydrogen-bond donors (Lipinski definition) is 1. The molecule has 8 nitrogen and oxygen atoms in total. The van der Waals surface area contributed by atoms with E-state index in [1.807, 2.05) is 0 Å². The number of nitrogens with zero attached hydrogens (tertiary/aromatic N) is 1. The average molecular weight is 414 g/mol. The molecule has 3 rings (SSSR count). The first-order valence-corrected chi connectivity index (χ1v) is 9.61. The van der Waals surface area contributed by atoms with E-state index in [2.05, 4.69) is 5.32 Å². The van der Waals surface area contributed by atoms with Crippen molar-refractivity contribution in [2.75, 3.05) is 6.61 Å². The van der Waals surface area contributed by atoms with Gasteiger partial charge in [0.2, 0.25) is 11.7 Å². The first-order chi connectivity index (χ1) is 13.8. The number of nitrogens with one attached hydrogen (secondary N) is 1. The minimum Gasteiger partial charge on any atom is -0.456 e. The summed E-state index contributed by atoms with van der Waals surface area (Å²) in [4.78, 5) is 62.4. The molecule has 0 unspecified atom stereocenters. The predicted molar refractivity (Wildman–Crippen MR) is 104 cm³/mol. The number of rotatable bonds is 7. The summed E-state index contributed by atoms with van der Waals surface area (Å²) in [6.07, 6.45) is 0. The van der Waals surface area contributed by atoms with Gasteiger partial charge in [0.1, 0.15) is 6.04 Å². The van der Waals surface area contributed by atoms with Gasteiger partial charge in [-0.05, 0) is 31.2 Å². The van der Waals surface area contributed by atoms with Crippen molar-refractivity contribution < 1.29 is 28.7 Å². The van der Waals surface area contributed by atoms with Gasteiger partial charge >= 0.3 is 5.97 Å². The molecule has 0 radical (unpaired) electrons. The smallest absolute Gasteiger partial charge is 0.329 e. The Hall–Kier alpha value is -3.33. The average Bonchev–Trinajstić information content (AvgIpc) is 3.27. The normalized spacial score (nSPS) is 13.8. The third kappa shape index (κ3) is 4.24. The Bertz CT molecular complexity index is 977. The number of ketones is 1. The summed E-state index contributed by atoms with van der Waals surface area (Å²) >= 11 is 1.19. The molecule has 0 spiro atoms. The molecule has 0 fully saturated rings. The molecule has 0 bridgehead atoms. The minimum atomic E-state index is -1.16. The monoisotopic (exact) mass is 414 g/mol. The van der Waals surface area contributed by atoms with Gasteiger partial charge in [0.15, 0.2) is 6.61 Å². The molecule has 0 aliphatic carbocycles. The maximum Gasteiger partial charge on any atom is 0.329 e. The van der Waals surface area contributed by atoms with Crippen molar-refractivity contribution in [2.45, 2.75) is 26.4 Å². The van der Waals surface area contributed by atoms with E-state index in [9.17, 15) is 24.0 Å². The fraction of sp³-hybridized carbons (Fsp3) is 0.250. The summed E-state index contributed by atoms with van der Waals surface area (Å²) in [5.41, 5.74) is 0.469. The molecule has 1 aromatic carbocycles. The standard InChI is InChI=1S/C20H18N2O6S/c1-11(22-18(25)14-5-3-4-6-15(14)19(22)26)20(27)28-10-16(24)17-8-7-13(29-17)9-21-12(2)23/h3-8,11H,9-10H2,1-2H3,(H,21,23)/t11-/m0/s1. The van der Waals surface area contributed by atoms with Gasteiger partial charge in [-0.2, -0.15) is 0 Å². The second-order valence-corrected chi connectivity index (χ2v) is 7.58. The van der Waals surface area contributed by atoms with Crippen LogP contribution in [-0.2, 0) is 20.9 Å². The van der Waals surface area contributed by atoms with Crippen molar-refractivity contribution in [1.82, 2.24) is 10.2 Å². The van der Waals surface area contributed by atoms with Crippen LogP contribution < -0.4 is 5.32 Å². The number of fused-ring (bicyclic) bond motifs is 1. The summed E-state index contributed by atoms with van der Waals surface area (Å²) < 4.78 is 5.04. The molecule has 1 atom stereocenters. The molecule has 3 amide bonds. The number of ether oxygens (including phenoxy) is 1. The Labute approximate surface area is 170 Å². The zero-order valence-electron chi connectivity index (χ0n) is 15.8. The van der Waals surface area contributed by atoms with Gasteiger partial charge in [0.05, 0.1) is 22.5 Å². The molecule has 29 heavy (non-hydrogen) atoms. The van der Waals surface area contributed by atoms with E-state index in [0.29, 0.717) is 11.4 Å².